The molecular formula is C18H12F3N3O2. The predicted octanol–water partition coefficient (Wildman–Crippen LogP) is 3.60. The topological polar surface area (TPSA) is 74.5 Å². The Morgan fingerprint density at radius 3 is 2.73 bits per heavy atom. The molecule has 0 atom stereocenters. The molecule has 8 heteroatoms. The minimum absolute atomic E-state index is 0.0638. The second-order valence-electron chi connectivity index (χ2n) is 5.53. The van der Waals surface area contributed by atoms with Gasteiger partial charge in [-0.15, -0.1) is 0 Å². The van der Waals surface area contributed by atoms with Crippen LogP contribution in [0.1, 0.15) is 27.0 Å². The standard InChI is InChI=1S/C18H12F3N3O2/c1-23-17(25)10-3-2-4-13(5-10)26-16-8-11-6-14(18(19,20)21)12(9-22)7-15(11)24-16/h2-7H,8H2,1H3,(H,23,25). The number of hydrogen-bond donors (Lipinski definition) is 1. The fraction of sp³-hybridized carbons (Fsp3) is 0.167. The number of ether oxygens (including phenoxy) is 1. The van der Waals surface area contributed by atoms with Gasteiger partial charge in [0, 0.05) is 12.6 Å². The molecule has 5 nitrogen and oxygen atoms in total. The van der Waals surface area contributed by atoms with Gasteiger partial charge in [-0.05, 0) is 35.9 Å². The molecule has 0 aromatic heterocycles. The number of fused-ring (bicyclic) bond motifs is 1. The quantitative estimate of drug-likeness (QED) is 0.890. The first-order chi connectivity index (χ1) is 12.3. The van der Waals surface area contributed by atoms with E-state index in [2.05, 4.69) is 10.3 Å². The number of halogens is 3. The zero-order chi connectivity index (χ0) is 18.9. The highest BCUT2D eigenvalue weighted by Gasteiger charge is 2.35. The number of alkyl halides is 3. The first-order valence-electron chi connectivity index (χ1n) is 7.53. The minimum Gasteiger partial charge on any atom is -0.443 e. The van der Waals surface area contributed by atoms with Crippen molar-refractivity contribution in [2.24, 2.45) is 4.99 Å². The molecule has 0 aliphatic carbocycles. The fourth-order valence-electron chi connectivity index (χ4n) is 2.58. The summed E-state index contributed by atoms with van der Waals surface area (Å²) in [6.45, 7) is 0. The van der Waals surface area contributed by atoms with Crippen molar-refractivity contribution in [3.63, 3.8) is 0 Å². The third-order valence-electron chi connectivity index (χ3n) is 3.79. The molecule has 0 fully saturated rings. The van der Waals surface area contributed by atoms with Crippen molar-refractivity contribution in [2.45, 2.75) is 12.6 Å². The Balaban J connectivity index is 1.87. The molecule has 0 unspecified atom stereocenters. The zero-order valence-electron chi connectivity index (χ0n) is 13.5. The monoisotopic (exact) mass is 359 g/mol. The Morgan fingerprint density at radius 2 is 2.08 bits per heavy atom. The summed E-state index contributed by atoms with van der Waals surface area (Å²) in [5.74, 6) is 0.243. The van der Waals surface area contributed by atoms with E-state index < -0.39 is 17.3 Å². The van der Waals surface area contributed by atoms with E-state index in [-0.39, 0.29) is 23.9 Å². The predicted molar refractivity (Wildman–Crippen MR) is 87.4 cm³/mol. The Labute approximate surface area is 146 Å². The van der Waals surface area contributed by atoms with E-state index in [1.165, 1.54) is 13.1 Å². The largest absolute Gasteiger partial charge is 0.443 e. The van der Waals surface area contributed by atoms with Crippen molar-refractivity contribution in [1.82, 2.24) is 5.32 Å². The van der Waals surface area contributed by atoms with Gasteiger partial charge in [0.2, 0.25) is 0 Å². The van der Waals surface area contributed by atoms with Gasteiger partial charge in [0.05, 0.1) is 29.3 Å². The highest BCUT2D eigenvalue weighted by atomic mass is 19.4. The lowest BCUT2D eigenvalue weighted by molar-refractivity contribution is -0.137. The van der Waals surface area contributed by atoms with Crippen LogP contribution in [0.3, 0.4) is 0 Å². The number of amides is 1. The van der Waals surface area contributed by atoms with Crippen LogP contribution in [0.15, 0.2) is 41.4 Å². The maximum Gasteiger partial charge on any atom is 0.417 e. The lowest BCUT2D eigenvalue weighted by Crippen LogP contribution is -2.18. The van der Waals surface area contributed by atoms with E-state index in [0.29, 0.717) is 16.9 Å². The molecule has 1 aliphatic heterocycles. The van der Waals surface area contributed by atoms with Gasteiger partial charge in [0.15, 0.2) is 5.90 Å². The van der Waals surface area contributed by atoms with E-state index in [4.69, 9.17) is 10.00 Å². The van der Waals surface area contributed by atoms with Crippen molar-refractivity contribution in [1.29, 1.82) is 5.26 Å². The van der Waals surface area contributed by atoms with Crippen LogP contribution < -0.4 is 10.1 Å². The molecule has 0 bridgehead atoms. The molecule has 0 spiro atoms. The van der Waals surface area contributed by atoms with E-state index in [1.807, 2.05) is 0 Å². The maximum absolute atomic E-state index is 13.0. The molecule has 1 amide bonds. The van der Waals surface area contributed by atoms with Gasteiger partial charge in [-0.1, -0.05) is 6.07 Å². The van der Waals surface area contributed by atoms with E-state index >= 15 is 0 Å². The van der Waals surface area contributed by atoms with Crippen LogP contribution in [0.2, 0.25) is 0 Å². The van der Waals surface area contributed by atoms with Crippen LogP contribution >= 0.6 is 0 Å². The first-order valence-corrected chi connectivity index (χ1v) is 7.53. The highest BCUT2D eigenvalue weighted by Crippen LogP contribution is 2.38. The van der Waals surface area contributed by atoms with Gasteiger partial charge in [-0.2, -0.15) is 18.4 Å². The van der Waals surface area contributed by atoms with Crippen LogP contribution in [-0.4, -0.2) is 18.9 Å². The van der Waals surface area contributed by atoms with Crippen LogP contribution in [0, 0.1) is 11.3 Å². The number of hydrogen-bond acceptors (Lipinski definition) is 4. The fourth-order valence-corrected chi connectivity index (χ4v) is 2.58. The van der Waals surface area contributed by atoms with E-state index in [0.717, 1.165) is 12.1 Å². The SMILES string of the molecule is CNC(=O)c1cccc(OC2=Nc3cc(C#N)c(C(F)(F)F)cc3C2)c1. The van der Waals surface area contributed by atoms with Crippen LogP contribution in [0.25, 0.3) is 0 Å². The molecule has 0 radical (unpaired) electrons. The summed E-state index contributed by atoms with van der Waals surface area (Å²) in [5.41, 5.74) is -0.493. The molecule has 0 saturated carbocycles. The van der Waals surface area contributed by atoms with Crippen molar-refractivity contribution >= 4 is 17.5 Å². The summed E-state index contributed by atoms with van der Waals surface area (Å²) in [6.07, 6.45) is -4.56. The zero-order valence-corrected chi connectivity index (χ0v) is 13.5. The molecule has 26 heavy (non-hydrogen) atoms. The number of rotatable bonds is 2. The number of benzene rings is 2. The number of aliphatic imine (C=N–C) groups is 1. The van der Waals surface area contributed by atoms with Gasteiger partial charge in [0.25, 0.3) is 5.91 Å². The van der Waals surface area contributed by atoms with E-state index in [1.54, 1.807) is 24.3 Å². The molecule has 1 N–H and O–H groups in total. The second-order valence-corrected chi connectivity index (χ2v) is 5.53. The molecule has 0 saturated heterocycles. The lowest BCUT2D eigenvalue weighted by atomic mass is 10.0. The molecule has 2 aromatic rings. The molecule has 1 aliphatic rings. The van der Waals surface area contributed by atoms with Crippen LogP contribution in [-0.2, 0) is 12.6 Å². The van der Waals surface area contributed by atoms with Crippen molar-refractivity contribution in [2.75, 3.05) is 7.05 Å². The number of nitrogens with one attached hydrogen (secondary N) is 1. The maximum atomic E-state index is 13.0. The highest BCUT2D eigenvalue weighted by molar-refractivity contribution is 5.95. The van der Waals surface area contributed by atoms with Crippen molar-refractivity contribution in [3.05, 3.63) is 58.7 Å². The summed E-state index contributed by atoms with van der Waals surface area (Å²) in [6, 6.07) is 9.92. The third-order valence-corrected chi connectivity index (χ3v) is 3.79. The van der Waals surface area contributed by atoms with Gasteiger partial charge in [0.1, 0.15) is 5.75 Å². The number of carbonyl (C=O) groups is 1. The van der Waals surface area contributed by atoms with Crippen LogP contribution in [0.5, 0.6) is 5.75 Å². The van der Waals surface area contributed by atoms with Crippen molar-refractivity contribution < 1.29 is 22.7 Å². The molecule has 1 heterocycles. The Morgan fingerprint density at radius 1 is 1.31 bits per heavy atom. The first kappa shape index (κ1) is 17.5. The third kappa shape index (κ3) is 3.37. The summed E-state index contributed by atoms with van der Waals surface area (Å²) >= 11 is 0. The molecule has 2 aromatic carbocycles. The van der Waals surface area contributed by atoms with Gasteiger partial charge in [-0.25, -0.2) is 4.99 Å². The average molecular weight is 359 g/mol. The number of nitrogens with zero attached hydrogens (tertiary/aromatic N) is 2. The van der Waals surface area contributed by atoms with Crippen LogP contribution in [0.4, 0.5) is 18.9 Å². The molecular weight excluding hydrogens is 347 g/mol. The normalized spacial score (nSPS) is 12.8. The average Bonchev–Trinajstić information content (AvgIpc) is 3.00. The van der Waals surface area contributed by atoms with Gasteiger partial charge >= 0.3 is 6.18 Å². The summed E-state index contributed by atoms with van der Waals surface area (Å²) in [7, 11) is 1.50. The molecule has 132 valence electrons. The summed E-state index contributed by atoms with van der Waals surface area (Å²) in [4.78, 5) is 15.8. The smallest absolute Gasteiger partial charge is 0.417 e. The Bertz CT molecular complexity index is 959. The lowest BCUT2D eigenvalue weighted by Gasteiger charge is -2.10. The Hall–Kier alpha value is -3.34. The minimum atomic E-state index is -4.62. The number of carbonyl (C=O) groups excluding carboxylic acids is 1. The molecule has 3 rings (SSSR count). The summed E-state index contributed by atoms with van der Waals surface area (Å²) < 4.78 is 44.7. The summed E-state index contributed by atoms with van der Waals surface area (Å²) in [5, 5.41) is 11.4. The number of nitriles is 1. The van der Waals surface area contributed by atoms with Crippen molar-refractivity contribution in [3.8, 4) is 11.8 Å². The Kier molecular flexibility index (Phi) is 4.38. The van der Waals surface area contributed by atoms with Gasteiger partial charge in [-0.3, -0.25) is 4.79 Å². The van der Waals surface area contributed by atoms with Gasteiger partial charge < -0.3 is 10.1 Å². The second kappa shape index (κ2) is 6.52. The van der Waals surface area contributed by atoms with E-state index in [9.17, 15) is 18.0 Å².